The number of hydrogen-bond acceptors (Lipinski definition) is 3. The average Bonchev–Trinajstić information content (AvgIpc) is 2.37. The van der Waals surface area contributed by atoms with Crippen LogP contribution in [0.1, 0.15) is 39.0 Å². The summed E-state index contributed by atoms with van der Waals surface area (Å²) in [6.07, 6.45) is 0. The zero-order valence-corrected chi connectivity index (χ0v) is 9.67. The first-order chi connectivity index (χ1) is 6.91. The van der Waals surface area contributed by atoms with Crippen molar-refractivity contribution >= 4 is 11.8 Å². The van der Waals surface area contributed by atoms with Gasteiger partial charge in [0, 0.05) is 19.7 Å². The van der Waals surface area contributed by atoms with Crippen LogP contribution in [0.5, 0.6) is 0 Å². The van der Waals surface area contributed by atoms with Gasteiger partial charge in [-0.05, 0) is 19.4 Å². The van der Waals surface area contributed by atoms with E-state index in [-0.39, 0.29) is 5.78 Å². The van der Waals surface area contributed by atoms with Gasteiger partial charge in [0.1, 0.15) is 0 Å². The first-order valence-electron chi connectivity index (χ1n) is 4.67. The Hall–Kier alpha value is -1.58. The number of methoxy groups -OCH3 is 1. The molecule has 0 atom stereocenters. The molecule has 0 aliphatic carbocycles. The molecule has 1 aromatic heterocycles. The van der Waals surface area contributed by atoms with E-state index in [1.165, 1.54) is 14.0 Å². The SMILES string of the molecule is COC(=O)c1c(C)c(C(C)=O)n(C)c1C. The molecule has 1 heterocycles. The molecule has 0 aromatic carbocycles. The van der Waals surface area contributed by atoms with Crippen molar-refractivity contribution in [1.29, 1.82) is 0 Å². The first-order valence-corrected chi connectivity index (χ1v) is 4.67. The lowest BCUT2D eigenvalue weighted by molar-refractivity contribution is 0.0599. The summed E-state index contributed by atoms with van der Waals surface area (Å²) in [6.45, 7) is 5.05. The Balaban J connectivity index is 3.49. The van der Waals surface area contributed by atoms with Crippen LogP contribution in [-0.2, 0) is 11.8 Å². The highest BCUT2D eigenvalue weighted by molar-refractivity contribution is 6.00. The highest BCUT2D eigenvalue weighted by atomic mass is 16.5. The Morgan fingerprint density at radius 1 is 1.27 bits per heavy atom. The van der Waals surface area contributed by atoms with Crippen molar-refractivity contribution < 1.29 is 14.3 Å². The van der Waals surface area contributed by atoms with E-state index in [0.29, 0.717) is 16.8 Å². The van der Waals surface area contributed by atoms with Gasteiger partial charge in [-0.2, -0.15) is 0 Å². The van der Waals surface area contributed by atoms with Crippen LogP contribution in [0, 0.1) is 13.8 Å². The summed E-state index contributed by atoms with van der Waals surface area (Å²) >= 11 is 0. The van der Waals surface area contributed by atoms with E-state index in [1.807, 2.05) is 0 Å². The standard InChI is InChI=1S/C11H15NO3/c1-6-9(11(14)15-5)7(2)12(4)10(6)8(3)13/h1-5H3. The molecule has 0 aliphatic rings. The first kappa shape index (κ1) is 11.5. The maximum Gasteiger partial charge on any atom is 0.339 e. The van der Waals surface area contributed by atoms with Gasteiger partial charge in [0.25, 0.3) is 0 Å². The lowest BCUT2D eigenvalue weighted by atomic mass is 10.1. The van der Waals surface area contributed by atoms with Crippen molar-refractivity contribution in [3.05, 3.63) is 22.5 Å². The maximum absolute atomic E-state index is 11.5. The Labute approximate surface area is 88.8 Å². The minimum atomic E-state index is -0.395. The van der Waals surface area contributed by atoms with Crippen LogP contribution in [-0.4, -0.2) is 23.4 Å². The average molecular weight is 209 g/mol. The van der Waals surface area contributed by atoms with E-state index < -0.39 is 5.97 Å². The summed E-state index contributed by atoms with van der Waals surface area (Å²) < 4.78 is 6.41. The summed E-state index contributed by atoms with van der Waals surface area (Å²) in [6, 6.07) is 0. The molecule has 0 amide bonds. The smallest absolute Gasteiger partial charge is 0.339 e. The van der Waals surface area contributed by atoms with Gasteiger partial charge < -0.3 is 9.30 Å². The van der Waals surface area contributed by atoms with Gasteiger partial charge in [-0.1, -0.05) is 0 Å². The predicted octanol–water partition coefficient (Wildman–Crippen LogP) is 1.63. The number of hydrogen-bond donors (Lipinski definition) is 0. The lowest BCUT2D eigenvalue weighted by Gasteiger charge is -2.01. The molecule has 15 heavy (non-hydrogen) atoms. The molecule has 1 aromatic rings. The van der Waals surface area contributed by atoms with E-state index in [9.17, 15) is 9.59 Å². The molecule has 0 N–H and O–H groups in total. The van der Waals surface area contributed by atoms with Crippen molar-refractivity contribution in [2.75, 3.05) is 7.11 Å². The van der Waals surface area contributed by atoms with Crippen LogP contribution < -0.4 is 0 Å². The number of ketones is 1. The third-order valence-electron chi connectivity index (χ3n) is 2.65. The minimum absolute atomic E-state index is 0.0479. The van der Waals surface area contributed by atoms with Crippen molar-refractivity contribution in [2.24, 2.45) is 7.05 Å². The summed E-state index contributed by atoms with van der Waals surface area (Å²) in [5.74, 6) is -0.443. The van der Waals surface area contributed by atoms with Crippen LogP contribution in [0.4, 0.5) is 0 Å². The van der Waals surface area contributed by atoms with Crippen molar-refractivity contribution in [3.63, 3.8) is 0 Å². The summed E-state index contributed by atoms with van der Waals surface area (Å²) in [5, 5.41) is 0. The topological polar surface area (TPSA) is 48.3 Å². The summed E-state index contributed by atoms with van der Waals surface area (Å²) in [5.41, 5.74) is 2.50. The number of carbonyl (C=O) groups excluding carboxylic acids is 2. The molecule has 4 nitrogen and oxygen atoms in total. The summed E-state index contributed by atoms with van der Waals surface area (Å²) in [4.78, 5) is 22.9. The third kappa shape index (κ3) is 1.67. The van der Waals surface area contributed by atoms with Crippen LogP contribution in [0.3, 0.4) is 0 Å². The highest BCUT2D eigenvalue weighted by Gasteiger charge is 2.23. The quantitative estimate of drug-likeness (QED) is 0.549. The van der Waals surface area contributed by atoms with Gasteiger partial charge in [-0.25, -0.2) is 4.79 Å². The van der Waals surface area contributed by atoms with E-state index in [2.05, 4.69) is 4.74 Å². The largest absolute Gasteiger partial charge is 0.465 e. The number of carbonyl (C=O) groups is 2. The second-order valence-electron chi connectivity index (χ2n) is 3.54. The number of nitrogens with zero attached hydrogens (tertiary/aromatic N) is 1. The van der Waals surface area contributed by atoms with Gasteiger partial charge in [-0.3, -0.25) is 4.79 Å². The molecule has 0 unspecified atom stereocenters. The monoisotopic (exact) mass is 209 g/mol. The van der Waals surface area contributed by atoms with Gasteiger partial charge in [0.2, 0.25) is 0 Å². The molecule has 82 valence electrons. The second-order valence-corrected chi connectivity index (χ2v) is 3.54. The Bertz CT molecular complexity index is 430. The fraction of sp³-hybridized carbons (Fsp3) is 0.455. The predicted molar refractivity (Wildman–Crippen MR) is 56.2 cm³/mol. The molecule has 0 radical (unpaired) electrons. The molecule has 0 saturated heterocycles. The molecule has 0 fully saturated rings. The van der Waals surface area contributed by atoms with Gasteiger partial charge in [0.05, 0.1) is 18.4 Å². The number of ether oxygens (including phenoxy) is 1. The van der Waals surface area contributed by atoms with Crippen molar-refractivity contribution in [1.82, 2.24) is 4.57 Å². The molecular formula is C11H15NO3. The molecule has 0 saturated carbocycles. The minimum Gasteiger partial charge on any atom is -0.465 e. The van der Waals surface area contributed by atoms with Crippen molar-refractivity contribution in [3.8, 4) is 0 Å². The van der Waals surface area contributed by atoms with Gasteiger partial charge in [0.15, 0.2) is 5.78 Å². The highest BCUT2D eigenvalue weighted by Crippen LogP contribution is 2.22. The maximum atomic E-state index is 11.5. The molecule has 0 aliphatic heterocycles. The molecular weight excluding hydrogens is 194 g/mol. The number of aromatic nitrogens is 1. The normalized spacial score (nSPS) is 10.2. The fourth-order valence-electron chi connectivity index (χ4n) is 1.88. The molecule has 4 heteroatoms. The number of Topliss-reactive ketones (excluding diaryl/α,β-unsaturated/α-hetero) is 1. The van der Waals surface area contributed by atoms with E-state index in [1.54, 1.807) is 25.5 Å². The molecule has 1 rings (SSSR count). The molecule has 0 spiro atoms. The Morgan fingerprint density at radius 2 is 1.80 bits per heavy atom. The van der Waals surface area contributed by atoms with E-state index >= 15 is 0 Å². The van der Waals surface area contributed by atoms with Crippen LogP contribution >= 0.6 is 0 Å². The van der Waals surface area contributed by atoms with Gasteiger partial charge >= 0.3 is 5.97 Å². The molecule has 0 bridgehead atoms. The van der Waals surface area contributed by atoms with Crippen LogP contribution in [0.25, 0.3) is 0 Å². The van der Waals surface area contributed by atoms with E-state index in [4.69, 9.17) is 0 Å². The second kappa shape index (κ2) is 3.88. The lowest BCUT2D eigenvalue weighted by Crippen LogP contribution is -2.04. The number of esters is 1. The zero-order chi connectivity index (χ0) is 11.7. The Kier molecular flexibility index (Phi) is 2.98. The Morgan fingerprint density at radius 3 is 2.13 bits per heavy atom. The van der Waals surface area contributed by atoms with Crippen LogP contribution in [0.15, 0.2) is 0 Å². The zero-order valence-electron chi connectivity index (χ0n) is 9.67. The fourth-order valence-corrected chi connectivity index (χ4v) is 1.88. The third-order valence-corrected chi connectivity index (χ3v) is 2.65. The van der Waals surface area contributed by atoms with Gasteiger partial charge in [-0.15, -0.1) is 0 Å². The number of rotatable bonds is 2. The van der Waals surface area contributed by atoms with Crippen LogP contribution in [0.2, 0.25) is 0 Å². The van der Waals surface area contributed by atoms with E-state index in [0.717, 1.165) is 5.69 Å². The van der Waals surface area contributed by atoms with Crippen molar-refractivity contribution in [2.45, 2.75) is 20.8 Å². The summed E-state index contributed by atoms with van der Waals surface area (Å²) in [7, 11) is 3.10.